The lowest BCUT2D eigenvalue weighted by Crippen LogP contribution is -2.57. The van der Waals surface area contributed by atoms with Crippen molar-refractivity contribution < 1.29 is 103 Å². The van der Waals surface area contributed by atoms with Gasteiger partial charge in [0.1, 0.15) is 24.9 Å². The second kappa shape index (κ2) is 40.1. The summed E-state index contributed by atoms with van der Waals surface area (Å²) in [5, 5.41) is 18.3. The van der Waals surface area contributed by atoms with Crippen LogP contribution in [0.3, 0.4) is 0 Å². The number of benzene rings is 1. The third-order valence-corrected chi connectivity index (χ3v) is 23.9. The summed E-state index contributed by atoms with van der Waals surface area (Å²) >= 11 is 0. The Hall–Kier alpha value is -11.1. The van der Waals surface area contributed by atoms with Crippen LogP contribution in [0, 0.1) is 34.5 Å². The minimum atomic E-state index is -3.77. The maximum atomic E-state index is 14.0. The Morgan fingerprint density at radius 1 is 0.546 bits per heavy atom. The van der Waals surface area contributed by atoms with Gasteiger partial charge in [-0.15, -0.1) is 0 Å². The molecule has 119 heavy (non-hydrogen) atoms. The number of rotatable bonds is 36. The number of sulfone groups is 2. The lowest BCUT2D eigenvalue weighted by Gasteiger charge is -2.58. The fraction of sp³-hybridized carbons (Fsp3) is 0.577. The molecule has 7 rings (SSSR count). The van der Waals surface area contributed by atoms with E-state index in [0.29, 0.717) is 24.0 Å². The smallest absolute Gasteiger partial charge is 0.306 e. The summed E-state index contributed by atoms with van der Waals surface area (Å²) in [5.41, 5.74) is 1.49. The Balaban J connectivity index is 0.738. The first kappa shape index (κ1) is 95.1. The number of ketones is 1. The number of amides is 13. The van der Waals surface area contributed by atoms with Crippen molar-refractivity contribution >= 4 is 108 Å². The van der Waals surface area contributed by atoms with Gasteiger partial charge in [0.05, 0.1) is 71.6 Å². The van der Waals surface area contributed by atoms with E-state index in [9.17, 15) is 93.9 Å². The predicted octanol–water partition coefficient (Wildman–Crippen LogP) is -2.08. The van der Waals surface area contributed by atoms with Crippen molar-refractivity contribution in [3.05, 3.63) is 72.4 Å². The van der Waals surface area contributed by atoms with Crippen LogP contribution in [-0.2, 0) is 96.3 Å². The standard InChI is InChI=1S/C78H109N17O22S2/c1-46-25-57-56-21-20-54-29-55(96)22-23-77(54,4)70(56)58(97)30-78(57,5)71(46)117-69(108)19-18-24-116-45-83-72(109)47(2)85-73(110)48(3)84-59(98)35-86(6)60(99)36-87(7)61(100)37-88(8)62(101)38-89(9)63(102)39-90(10)64(103)40-91(11)65(104)41-92(12)66(105)42-93(13)67(106)43-94(14)68(107)44-95(15)74(111)51-27-49(52-31-79-75(80-32-52)118(16,112)113)26-50(28-51)53-33-81-76(82-34-53)119(17,114)115/h22-23,26-29,31-34,46-48,56-58,70-71,97H,18-21,24-25,30,35-45H2,1-17H3,(H,83,109)(H,84,98)(H,85,110)/t46?,47-,48-,56?,57?,58?,70?,71?,77?,78?/m0/s1. The lowest BCUT2D eigenvalue weighted by molar-refractivity contribution is -0.170. The first-order chi connectivity index (χ1) is 55.4. The minimum Gasteiger partial charge on any atom is -0.461 e. The van der Waals surface area contributed by atoms with Gasteiger partial charge in [-0.1, -0.05) is 32.4 Å². The maximum Gasteiger partial charge on any atom is 0.306 e. The number of nitrogens with one attached hydrogen (secondary N) is 3. The van der Waals surface area contributed by atoms with Crippen molar-refractivity contribution in [2.45, 2.75) is 108 Å². The summed E-state index contributed by atoms with van der Waals surface area (Å²) in [6.45, 7) is 3.61. The first-order valence-corrected chi connectivity index (χ1v) is 42.1. The Morgan fingerprint density at radius 3 is 1.34 bits per heavy atom. The molecule has 3 saturated carbocycles. The van der Waals surface area contributed by atoms with Gasteiger partial charge >= 0.3 is 5.97 Å². The SMILES string of the molecule is CC1CC2C3CCC4=CC(=O)C=CC4(C)C3C(O)CC2(C)C1OC(=O)CCCOCNC(=O)[C@H](C)NC(=O)[C@H](C)NC(=O)CN(C)C(=O)CN(C)C(=O)CN(C)C(=O)CN(C)C(=O)CN(C)C(=O)CN(C)C(=O)CN(C)C(=O)CN(C)C(=O)CN(C)C(=O)CN(C)C(=O)c1cc(-c2cnc(S(C)(=O)=O)nc2)cc(-c2cnc(S(C)(=O)=O)nc2)c1. The number of aliphatic hydroxyl groups is 1. The molecule has 0 aliphatic heterocycles. The fourth-order valence-corrected chi connectivity index (χ4v) is 16.1. The number of nitrogens with zero attached hydrogens (tertiary/aromatic N) is 14. The quantitative estimate of drug-likeness (QED) is 0.0210. The van der Waals surface area contributed by atoms with Gasteiger partial charge in [0.2, 0.25) is 101 Å². The van der Waals surface area contributed by atoms with Gasteiger partial charge in [-0.3, -0.25) is 71.9 Å². The molecule has 0 saturated heterocycles. The molecule has 2 aromatic heterocycles. The van der Waals surface area contributed by atoms with E-state index in [1.54, 1.807) is 18.2 Å². The number of likely N-dealkylation sites (N-methyl/N-ethyl adjacent to an activating group) is 10. The molecule has 41 heteroatoms. The molecule has 0 bridgehead atoms. The molecule has 8 unspecified atom stereocenters. The zero-order valence-corrected chi connectivity index (χ0v) is 71.9. The molecule has 10 atom stereocenters. The molecule has 4 N–H and O–H groups in total. The van der Waals surface area contributed by atoms with Gasteiger partial charge in [0.15, 0.2) is 5.78 Å². The summed E-state index contributed by atoms with van der Waals surface area (Å²) < 4.78 is 59.9. The van der Waals surface area contributed by atoms with Crippen molar-refractivity contribution in [2.75, 3.05) is 162 Å². The van der Waals surface area contributed by atoms with Crippen molar-refractivity contribution in [2.24, 2.45) is 34.5 Å². The van der Waals surface area contributed by atoms with E-state index < -0.39 is 201 Å². The van der Waals surface area contributed by atoms with E-state index >= 15 is 0 Å². The zero-order valence-electron chi connectivity index (χ0n) is 70.2. The molecule has 4 aliphatic carbocycles. The largest absolute Gasteiger partial charge is 0.461 e. The van der Waals surface area contributed by atoms with Crippen LogP contribution in [0.4, 0.5) is 0 Å². The second-order valence-corrected chi connectivity index (χ2v) is 35.7. The topological polar surface area (TPSA) is 483 Å². The third-order valence-electron chi connectivity index (χ3n) is 22.2. The van der Waals surface area contributed by atoms with Crippen LogP contribution in [0.15, 0.2) is 77.1 Å². The van der Waals surface area contributed by atoms with E-state index in [4.69, 9.17) is 9.47 Å². The average molecular weight is 1700 g/mol. The fourth-order valence-electron chi connectivity index (χ4n) is 15.1. The van der Waals surface area contributed by atoms with Crippen LogP contribution in [0.1, 0.15) is 83.5 Å². The van der Waals surface area contributed by atoms with E-state index in [-0.39, 0.29) is 78.0 Å². The minimum absolute atomic E-state index is 0.0139. The van der Waals surface area contributed by atoms with E-state index in [1.807, 2.05) is 6.08 Å². The lowest BCUT2D eigenvalue weighted by atomic mass is 9.47. The molecule has 2 heterocycles. The molecule has 0 radical (unpaired) electrons. The zero-order chi connectivity index (χ0) is 88.8. The summed E-state index contributed by atoms with van der Waals surface area (Å²) in [5.74, 6) is -8.94. The third kappa shape index (κ3) is 24.8. The highest BCUT2D eigenvalue weighted by Gasteiger charge is 2.64. The van der Waals surface area contributed by atoms with Crippen LogP contribution in [0.25, 0.3) is 22.3 Å². The number of carbonyl (C=O) groups is 15. The molecule has 650 valence electrons. The van der Waals surface area contributed by atoms with Crippen LogP contribution in [0.2, 0.25) is 0 Å². The number of aromatic nitrogens is 4. The molecule has 0 spiro atoms. The van der Waals surface area contributed by atoms with Crippen molar-refractivity contribution in [1.82, 2.24) is 84.9 Å². The van der Waals surface area contributed by atoms with Gasteiger partial charge in [0.25, 0.3) is 5.91 Å². The molecule has 1 aromatic carbocycles. The summed E-state index contributed by atoms with van der Waals surface area (Å²) in [7, 11) is 5.36. The highest BCUT2D eigenvalue weighted by molar-refractivity contribution is 7.90. The second-order valence-electron chi connectivity index (χ2n) is 31.9. The Labute approximate surface area is 691 Å². The number of hydrogen-bond acceptors (Lipinski definition) is 26. The van der Waals surface area contributed by atoms with E-state index in [0.717, 1.165) is 86.3 Å². The van der Waals surface area contributed by atoms with Crippen molar-refractivity contribution in [3.63, 3.8) is 0 Å². The predicted molar refractivity (Wildman–Crippen MR) is 426 cm³/mol. The Kier molecular flexibility index (Phi) is 32.1. The van der Waals surface area contributed by atoms with Crippen molar-refractivity contribution in [3.8, 4) is 22.3 Å². The maximum absolute atomic E-state index is 14.0. The normalized spacial score (nSPS) is 20.2. The number of fused-ring (bicyclic) bond motifs is 5. The molecule has 3 aromatic rings. The van der Waals surface area contributed by atoms with Crippen LogP contribution < -0.4 is 16.0 Å². The van der Waals surface area contributed by atoms with Gasteiger partial charge in [-0.2, -0.15) is 0 Å². The number of hydrogen-bond donors (Lipinski definition) is 4. The van der Waals surface area contributed by atoms with Crippen molar-refractivity contribution in [1.29, 1.82) is 0 Å². The molecule has 3 fully saturated rings. The number of esters is 1. The average Bonchev–Trinajstić information content (AvgIpc) is 1.62. The molecular weight excluding hydrogens is 1590 g/mol. The highest BCUT2D eigenvalue weighted by Crippen LogP contribution is 2.66. The van der Waals surface area contributed by atoms with E-state index in [2.05, 4.69) is 56.7 Å². The number of allylic oxidation sites excluding steroid dienone is 4. The van der Waals surface area contributed by atoms with Gasteiger partial charge in [0, 0.05) is 154 Å². The summed E-state index contributed by atoms with van der Waals surface area (Å²) in [6, 6.07) is 2.23. The Bertz CT molecular complexity index is 4610. The van der Waals surface area contributed by atoms with Crippen LogP contribution in [0.5, 0.6) is 0 Å². The van der Waals surface area contributed by atoms with Gasteiger partial charge in [-0.25, -0.2) is 36.8 Å². The monoisotopic (exact) mass is 1700 g/mol. The molecule has 39 nitrogen and oxygen atoms in total. The molecule has 4 aliphatic rings. The number of ether oxygens (including phenoxy) is 2. The number of carbonyl (C=O) groups excluding carboxylic acids is 15. The van der Waals surface area contributed by atoms with Gasteiger partial charge < -0.3 is 79.5 Å². The first-order valence-electron chi connectivity index (χ1n) is 38.3. The number of aliphatic hydroxyl groups excluding tert-OH is 1. The summed E-state index contributed by atoms with van der Waals surface area (Å²) in [4.78, 5) is 223. The molecular formula is C78H109N17O22S2. The van der Waals surface area contributed by atoms with E-state index in [1.165, 1.54) is 121 Å². The van der Waals surface area contributed by atoms with Crippen LogP contribution in [-0.4, -0.2) is 365 Å². The highest BCUT2D eigenvalue weighted by atomic mass is 32.2. The van der Waals surface area contributed by atoms with Crippen LogP contribution >= 0.6 is 0 Å². The Morgan fingerprint density at radius 2 is 0.933 bits per heavy atom. The molecule has 13 amide bonds. The summed E-state index contributed by atoms with van der Waals surface area (Å²) in [6.07, 6.45) is 14.4. The van der Waals surface area contributed by atoms with Gasteiger partial charge in [-0.05, 0) is 105 Å².